The molecule has 0 aliphatic rings. The fourth-order valence-corrected chi connectivity index (χ4v) is 1.23. The maximum absolute atomic E-state index is 11.7. The Kier molecular flexibility index (Phi) is 3.48. The van der Waals surface area contributed by atoms with E-state index in [1.54, 1.807) is 12.1 Å². The second kappa shape index (κ2) is 4.47. The van der Waals surface area contributed by atoms with Crippen LogP contribution in [0.2, 0.25) is 0 Å². The third kappa shape index (κ3) is 3.50. The molecule has 86 valence electrons. The van der Waals surface area contributed by atoms with E-state index in [4.69, 9.17) is 0 Å². The highest BCUT2D eigenvalue weighted by Crippen LogP contribution is 2.06. The Morgan fingerprint density at radius 3 is 2.00 bits per heavy atom. The zero-order chi connectivity index (χ0) is 12.3. The van der Waals surface area contributed by atoms with Crippen LogP contribution in [0.5, 0.6) is 0 Å². The number of benzene rings is 1. The van der Waals surface area contributed by atoms with Crippen LogP contribution in [-0.2, 0) is 4.79 Å². The summed E-state index contributed by atoms with van der Waals surface area (Å²) >= 11 is 0. The Morgan fingerprint density at radius 1 is 1.06 bits per heavy atom. The first-order valence-electron chi connectivity index (χ1n) is 5.23. The first kappa shape index (κ1) is 12.4. The summed E-state index contributed by atoms with van der Waals surface area (Å²) in [5.41, 5.74) is 1.09. The van der Waals surface area contributed by atoms with Gasteiger partial charge in [0.15, 0.2) is 0 Å². The second-order valence-corrected chi connectivity index (χ2v) is 4.90. The van der Waals surface area contributed by atoms with Gasteiger partial charge in [-0.25, -0.2) is 0 Å². The molecule has 1 amide bonds. The number of amides is 1. The third-order valence-corrected chi connectivity index (χ3v) is 2.01. The van der Waals surface area contributed by atoms with Gasteiger partial charge in [-0.05, 0) is 27.7 Å². The van der Waals surface area contributed by atoms with Crippen molar-refractivity contribution in [2.75, 3.05) is 0 Å². The lowest BCUT2D eigenvalue weighted by Gasteiger charge is -2.19. The normalized spacial score (nSPS) is 11.0. The molecule has 0 atom stereocenters. The van der Waals surface area contributed by atoms with E-state index in [2.05, 4.69) is 5.32 Å². The summed E-state index contributed by atoms with van der Waals surface area (Å²) in [6.07, 6.45) is 0. The third-order valence-electron chi connectivity index (χ3n) is 2.01. The first-order valence-corrected chi connectivity index (χ1v) is 5.23. The van der Waals surface area contributed by atoms with Crippen LogP contribution in [0.3, 0.4) is 0 Å². The van der Waals surface area contributed by atoms with Gasteiger partial charge in [-0.2, -0.15) is 0 Å². The number of aryl methyl sites for hydroxylation is 1. The van der Waals surface area contributed by atoms with Gasteiger partial charge < -0.3 is 5.32 Å². The summed E-state index contributed by atoms with van der Waals surface area (Å²) in [6, 6.07) is 6.97. The van der Waals surface area contributed by atoms with Crippen LogP contribution in [0.4, 0.5) is 0 Å². The zero-order valence-electron chi connectivity index (χ0n) is 10.1. The Morgan fingerprint density at radius 2 is 1.56 bits per heavy atom. The highest BCUT2D eigenvalue weighted by Gasteiger charge is 2.21. The van der Waals surface area contributed by atoms with E-state index < -0.39 is 17.2 Å². The number of rotatable bonds is 2. The van der Waals surface area contributed by atoms with Gasteiger partial charge in [0.1, 0.15) is 0 Å². The van der Waals surface area contributed by atoms with Gasteiger partial charge in [0.2, 0.25) is 5.78 Å². The van der Waals surface area contributed by atoms with E-state index in [1.165, 1.54) is 0 Å². The fourth-order valence-electron chi connectivity index (χ4n) is 1.23. The number of ketones is 1. The molecule has 1 aromatic rings. The topological polar surface area (TPSA) is 46.2 Å². The van der Waals surface area contributed by atoms with Gasteiger partial charge >= 0.3 is 0 Å². The van der Waals surface area contributed by atoms with Crippen molar-refractivity contribution in [3.63, 3.8) is 0 Å². The lowest BCUT2D eigenvalue weighted by atomic mass is 10.1. The minimum absolute atomic E-state index is 0.391. The summed E-state index contributed by atoms with van der Waals surface area (Å²) < 4.78 is 0. The maximum atomic E-state index is 11.7. The monoisotopic (exact) mass is 219 g/mol. The molecule has 1 rings (SSSR count). The molecule has 3 heteroatoms. The van der Waals surface area contributed by atoms with E-state index in [0.29, 0.717) is 5.56 Å². The standard InChI is InChI=1S/C13H17NO2/c1-9-5-7-10(8-6-9)11(15)12(16)14-13(2,3)4/h5-8H,1-4H3,(H,14,16). The number of hydrogen-bond acceptors (Lipinski definition) is 2. The molecule has 0 radical (unpaired) electrons. The predicted octanol–water partition coefficient (Wildman–Crippen LogP) is 2.09. The van der Waals surface area contributed by atoms with E-state index in [0.717, 1.165) is 5.56 Å². The van der Waals surface area contributed by atoms with Crippen LogP contribution >= 0.6 is 0 Å². The Bertz CT molecular complexity index is 399. The number of carbonyl (C=O) groups is 2. The molecule has 0 spiro atoms. The predicted molar refractivity (Wildman–Crippen MR) is 63.4 cm³/mol. The molecular formula is C13H17NO2. The van der Waals surface area contributed by atoms with Crippen molar-refractivity contribution in [2.24, 2.45) is 0 Å². The highest BCUT2D eigenvalue weighted by atomic mass is 16.2. The second-order valence-electron chi connectivity index (χ2n) is 4.90. The van der Waals surface area contributed by atoms with Gasteiger partial charge in [0.25, 0.3) is 5.91 Å². The van der Waals surface area contributed by atoms with Crippen molar-refractivity contribution < 1.29 is 9.59 Å². The molecule has 0 aromatic heterocycles. The number of hydrogen-bond donors (Lipinski definition) is 1. The van der Waals surface area contributed by atoms with Gasteiger partial charge in [-0.15, -0.1) is 0 Å². The van der Waals surface area contributed by atoms with E-state index >= 15 is 0 Å². The van der Waals surface area contributed by atoms with Crippen molar-refractivity contribution in [3.8, 4) is 0 Å². The molecular weight excluding hydrogens is 202 g/mol. The molecule has 0 unspecified atom stereocenters. The number of carbonyl (C=O) groups excluding carboxylic acids is 2. The summed E-state index contributed by atoms with van der Waals surface area (Å²) in [5, 5.41) is 2.64. The molecule has 1 aromatic carbocycles. The molecule has 1 N–H and O–H groups in total. The van der Waals surface area contributed by atoms with Crippen molar-refractivity contribution in [2.45, 2.75) is 33.2 Å². The molecule has 0 heterocycles. The minimum atomic E-state index is -0.559. The van der Waals surface area contributed by atoms with Crippen LogP contribution in [-0.4, -0.2) is 17.2 Å². The van der Waals surface area contributed by atoms with E-state index in [9.17, 15) is 9.59 Å². The average Bonchev–Trinajstić information content (AvgIpc) is 2.15. The highest BCUT2D eigenvalue weighted by molar-refractivity contribution is 6.42. The largest absolute Gasteiger partial charge is 0.345 e. The van der Waals surface area contributed by atoms with Gasteiger partial charge in [-0.1, -0.05) is 29.8 Å². The lowest BCUT2D eigenvalue weighted by Crippen LogP contribution is -2.44. The van der Waals surface area contributed by atoms with Crippen molar-refractivity contribution in [1.29, 1.82) is 0 Å². The first-order chi connectivity index (χ1) is 7.29. The summed E-state index contributed by atoms with van der Waals surface area (Å²) in [4.78, 5) is 23.3. The van der Waals surface area contributed by atoms with Crippen LogP contribution in [0, 0.1) is 6.92 Å². The molecule has 0 fully saturated rings. The molecule has 0 aliphatic heterocycles. The molecule has 0 aliphatic carbocycles. The number of Topliss-reactive ketones (excluding diaryl/α,β-unsaturated/α-hetero) is 1. The Labute approximate surface area is 95.9 Å². The summed E-state index contributed by atoms with van der Waals surface area (Å²) in [6.45, 7) is 7.46. The van der Waals surface area contributed by atoms with Crippen molar-refractivity contribution >= 4 is 11.7 Å². The Hall–Kier alpha value is -1.64. The van der Waals surface area contributed by atoms with Crippen molar-refractivity contribution in [1.82, 2.24) is 5.32 Å². The lowest BCUT2D eigenvalue weighted by molar-refractivity contribution is -0.118. The Balaban J connectivity index is 2.79. The summed E-state index contributed by atoms with van der Waals surface area (Å²) in [5.74, 6) is -1.05. The molecule has 0 saturated carbocycles. The molecule has 3 nitrogen and oxygen atoms in total. The van der Waals surface area contributed by atoms with Crippen LogP contribution in [0.25, 0.3) is 0 Å². The van der Waals surface area contributed by atoms with Gasteiger partial charge in [0.05, 0.1) is 0 Å². The zero-order valence-corrected chi connectivity index (χ0v) is 10.1. The van der Waals surface area contributed by atoms with Gasteiger partial charge in [0, 0.05) is 11.1 Å². The van der Waals surface area contributed by atoms with Crippen LogP contribution < -0.4 is 5.32 Å². The SMILES string of the molecule is Cc1ccc(C(=O)C(=O)NC(C)(C)C)cc1. The maximum Gasteiger partial charge on any atom is 0.292 e. The van der Waals surface area contributed by atoms with Gasteiger partial charge in [-0.3, -0.25) is 9.59 Å². The molecule has 0 bridgehead atoms. The van der Waals surface area contributed by atoms with E-state index in [1.807, 2.05) is 39.8 Å². The minimum Gasteiger partial charge on any atom is -0.345 e. The quantitative estimate of drug-likeness (QED) is 0.611. The van der Waals surface area contributed by atoms with Crippen LogP contribution in [0.15, 0.2) is 24.3 Å². The molecule has 0 saturated heterocycles. The molecule has 16 heavy (non-hydrogen) atoms. The fraction of sp³-hybridized carbons (Fsp3) is 0.385. The smallest absolute Gasteiger partial charge is 0.292 e. The van der Waals surface area contributed by atoms with Crippen molar-refractivity contribution in [3.05, 3.63) is 35.4 Å². The van der Waals surface area contributed by atoms with Crippen LogP contribution in [0.1, 0.15) is 36.7 Å². The summed E-state index contributed by atoms with van der Waals surface area (Å²) in [7, 11) is 0. The number of nitrogens with one attached hydrogen (secondary N) is 1. The van der Waals surface area contributed by atoms with E-state index in [-0.39, 0.29) is 0 Å². The average molecular weight is 219 g/mol.